The number of aromatic nitrogens is 1. The van der Waals surface area contributed by atoms with E-state index in [4.69, 9.17) is 11.6 Å². The molecule has 0 saturated carbocycles. The summed E-state index contributed by atoms with van der Waals surface area (Å²) in [5.74, 6) is -0.256. The lowest BCUT2D eigenvalue weighted by molar-refractivity contribution is -0.113. The second kappa shape index (κ2) is 6.37. The van der Waals surface area contributed by atoms with E-state index in [9.17, 15) is 4.79 Å². The molecule has 0 aliphatic rings. The number of hydrogen-bond donors (Lipinski definition) is 1. The number of thioether (sulfide) groups is 2. The Labute approximate surface area is 109 Å². The molecule has 88 valence electrons. The molecule has 0 radical (unpaired) electrons. The van der Waals surface area contributed by atoms with E-state index in [1.807, 2.05) is 25.5 Å². The molecule has 3 nitrogen and oxygen atoms in total. The minimum atomic E-state index is -0.210. The summed E-state index contributed by atoms with van der Waals surface area (Å²) in [5.41, 5.74) is 1.70. The zero-order valence-corrected chi connectivity index (χ0v) is 11.7. The van der Waals surface area contributed by atoms with Gasteiger partial charge in [0.1, 0.15) is 10.9 Å². The number of aryl methyl sites for hydroxylation is 1. The van der Waals surface area contributed by atoms with Crippen molar-refractivity contribution < 1.29 is 4.79 Å². The van der Waals surface area contributed by atoms with Gasteiger partial charge in [0.25, 0.3) is 0 Å². The zero-order valence-electron chi connectivity index (χ0n) is 9.33. The number of rotatable bonds is 4. The van der Waals surface area contributed by atoms with Crippen molar-refractivity contribution >= 4 is 46.7 Å². The molecule has 1 N–H and O–H groups in total. The maximum absolute atomic E-state index is 11.3. The van der Waals surface area contributed by atoms with E-state index in [-0.39, 0.29) is 11.8 Å². The van der Waals surface area contributed by atoms with Crippen molar-refractivity contribution in [2.75, 3.05) is 23.7 Å². The second-order valence-electron chi connectivity index (χ2n) is 3.03. The Morgan fingerprint density at radius 2 is 2.19 bits per heavy atom. The van der Waals surface area contributed by atoms with E-state index < -0.39 is 0 Å². The van der Waals surface area contributed by atoms with Crippen LogP contribution in [0.1, 0.15) is 5.69 Å². The van der Waals surface area contributed by atoms with E-state index in [0.717, 1.165) is 21.3 Å². The number of nitrogens with zero attached hydrogens (tertiary/aromatic N) is 1. The second-order valence-corrected chi connectivity index (χ2v) is 4.94. The van der Waals surface area contributed by atoms with Crippen LogP contribution in [0.2, 0.25) is 0 Å². The fraction of sp³-hybridized carbons (Fsp3) is 0.400. The molecule has 0 atom stereocenters. The number of anilines is 1. The minimum Gasteiger partial charge on any atom is -0.322 e. The Morgan fingerprint density at radius 3 is 2.69 bits per heavy atom. The van der Waals surface area contributed by atoms with Gasteiger partial charge in [0.05, 0.1) is 5.69 Å². The lowest BCUT2D eigenvalue weighted by atomic mass is 10.3. The van der Waals surface area contributed by atoms with Crippen LogP contribution >= 0.6 is 35.1 Å². The topological polar surface area (TPSA) is 42.0 Å². The summed E-state index contributed by atoms with van der Waals surface area (Å²) in [6.45, 7) is 1.94. The molecule has 0 saturated heterocycles. The number of carbonyl (C=O) groups is 1. The molecule has 0 fully saturated rings. The number of alkyl halides is 1. The van der Waals surface area contributed by atoms with Crippen LogP contribution in [0.3, 0.4) is 0 Å². The molecule has 1 aromatic heterocycles. The van der Waals surface area contributed by atoms with Gasteiger partial charge in [-0.05, 0) is 25.5 Å². The predicted molar refractivity (Wildman–Crippen MR) is 71.9 cm³/mol. The normalized spacial score (nSPS) is 10.2. The SMILES string of the molecule is CSc1cc(C)nc(SC)c1NC(=O)CCl. The van der Waals surface area contributed by atoms with E-state index in [1.165, 1.54) is 11.8 Å². The summed E-state index contributed by atoms with van der Waals surface area (Å²) in [5, 5.41) is 3.60. The standard InChI is InChI=1S/C10H13ClN2OS2/c1-6-4-7(15-2)9(10(12-6)16-3)13-8(14)5-11/h4H,5H2,1-3H3,(H,13,14). The van der Waals surface area contributed by atoms with Crippen LogP contribution in [0.5, 0.6) is 0 Å². The highest BCUT2D eigenvalue weighted by molar-refractivity contribution is 7.99. The van der Waals surface area contributed by atoms with Gasteiger partial charge in [-0.3, -0.25) is 4.79 Å². The Morgan fingerprint density at radius 1 is 1.50 bits per heavy atom. The summed E-state index contributed by atoms with van der Waals surface area (Å²) in [6.07, 6.45) is 3.90. The average Bonchev–Trinajstić information content (AvgIpc) is 2.30. The van der Waals surface area contributed by atoms with E-state index in [2.05, 4.69) is 10.3 Å². The van der Waals surface area contributed by atoms with Crippen LogP contribution in [-0.2, 0) is 4.79 Å². The molecular formula is C10H13ClN2OS2. The summed E-state index contributed by atoms with van der Waals surface area (Å²) < 4.78 is 0. The van der Waals surface area contributed by atoms with E-state index in [0.29, 0.717) is 0 Å². The van der Waals surface area contributed by atoms with Gasteiger partial charge < -0.3 is 5.32 Å². The first-order chi connectivity index (χ1) is 7.62. The first kappa shape index (κ1) is 13.7. The molecule has 1 heterocycles. The Balaban J connectivity index is 3.16. The van der Waals surface area contributed by atoms with Gasteiger partial charge in [-0.15, -0.1) is 35.1 Å². The van der Waals surface area contributed by atoms with Crippen molar-refractivity contribution in [3.05, 3.63) is 11.8 Å². The fourth-order valence-corrected chi connectivity index (χ4v) is 2.58. The van der Waals surface area contributed by atoms with Crippen LogP contribution in [0, 0.1) is 6.92 Å². The Hall–Kier alpha value is -0.390. The molecule has 0 aliphatic heterocycles. The molecule has 1 rings (SSSR count). The monoisotopic (exact) mass is 276 g/mol. The van der Waals surface area contributed by atoms with E-state index in [1.54, 1.807) is 11.8 Å². The van der Waals surface area contributed by atoms with Gasteiger partial charge in [0.2, 0.25) is 5.91 Å². The highest BCUT2D eigenvalue weighted by atomic mass is 35.5. The zero-order chi connectivity index (χ0) is 12.1. The lowest BCUT2D eigenvalue weighted by Crippen LogP contribution is -2.14. The molecule has 0 aromatic carbocycles. The highest BCUT2D eigenvalue weighted by Crippen LogP contribution is 2.33. The Kier molecular flexibility index (Phi) is 5.44. The fourth-order valence-electron chi connectivity index (χ4n) is 1.21. The molecular weight excluding hydrogens is 264 g/mol. The number of amides is 1. The first-order valence-corrected chi connectivity index (χ1v) is 7.56. The van der Waals surface area contributed by atoms with Crippen LogP contribution in [0.4, 0.5) is 5.69 Å². The smallest absolute Gasteiger partial charge is 0.239 e. The molecule has 0 bridgehead atoms. The van der Waals surface area contributed by atoms with Crippen molar-refractivity contribution in [1.29, 1.82) is 0 Å². The van der Waals surface area contributed by atoms with Gasteiger partial charge in [-0.2, -0.15) is 0 Å². The maximum atomic E-state index is 11.3. The number of hydrogen-bond acceptors (Lipinski definition) is 4. The first-order valence-electron chi connectivity index (χ1n) is 4.57. The minimum absolute atomic E-state index is 0.0461. The molecule has 1 aromatic rings. The van der Waals surface area contributed by atoms with Crippen LogP contribution in [0.15, 0.2) is 16.0 Å². The van der Waals surface area contributed by atoms with Gasteiger partial charge in [0.15, 0.2) is 0 Å². The summed E-state index contributed by atoms with van der Waals surface area (Å²) in [6, 6.07) is 1.95. The molecule has 0 spiro atoms. The lowest BCUT2D eigenvalue weighted by Gasteiger charge is -2.12. The maximum Gasteiger partial charge on any atom is 0.239 e. The third kappa shape index (κ3) is 3.30. The van der Waals surface area contributed by atoms with Crippen molar-refractivity contribution in [1.82, 2.24) is 4.98 Å². The van der Waals surface area contributed by atoms with Crippen LogP contribution < -0.4 is 5.32 Å². The number of carbonyl (C=O) groups excluding carboxylic acids is 1. The van der Waals surface area contributed by atoms with Crippen molar-refractivity contribution in [3.8, 4) is 0 Å². The largest absolute Gasteiger partial charge is 0.322 e. The number of pyridine rings is 1. The summed E-state index contributed by atoms with van der Waals surface area (Å²) >= 11 is 8.57. The summed E-state index contributed by atoms with van der Waals surface area (Å²) in [7, 11) is 0. The molecule has 0 unspecified atom stereocenters. The van der Waals surface area contributed by atoms with Crippen molar-refractivity contribution in [2.45, 2.75) is 16.8 Å². The van der Waals surface area contributed by atoms with Crippen LogP contribution in [-0.4, -0.2) is 29.3 Å². The van der Waals surface area contributed by atoms with E-state index >= 15 is 0 Å². The third-order valence-electron chi connectivity index (χ3n) is 1.88. The summed E-state index contributed by atoms with van der Waals surface area (Å²) in [4.78, 5) is 16.7. The average molecular weight is 277 g/mol. The quantitative estimate of drug-likeness (QED) is 0.678. The van der Waals surface area contributed by atoms with Gasteiger partial charge >= 0.3 is 0 Å². The van der Waals surface area contributed by atoms with Crippen LogP contribution in [0.25, 0.3) is 0 Å². The number of halogens is 1. The van der Waals surface area contributed by atoms with Gasteiger partial charge in [-0.25, -0.2) is 4.98 Å². The van der Waals surface area contributed by atoms with Crippen molar-refractivity contribution in [3.63, 3.8) is 0 Å². The van der Waals surface area contributed by atoms with Crippen molar-refractivity contribution in [2.24, 2.45) is 0 Å². The molecule has 0 aliphatic carbocycles. The van der Waals surface area contributed by atoms with Gasteiger partial charge in [-0.1, -0.05) is 0 Å². The van der Waals surface area contributed by atoms with Gasteiger partial charge in [0, 0.05) is 10.6 Å². The molecule has 1 amide bonds. The predicted octanol–water partition coefficient (Wildman–Crippen LogP) is 3.01. The number of nitrogens with one attached hydrogen (secondary N) is 1. The molecule has 6 heteroatoms. The Bertz CT molecular complexity index is 373. The highest BCUT2D eigenvalue weighted by Gasteiger charge is 2.12. The third-order valence-corrected chi connectivity index (χ3v) is 3.56. The molecule has 16 heavy (non-hydrogen) atoms.